The van der Waals surface area contributed by atoms with Crippen LogP contribution < -0.4 is 5.32 Å². The van der Waals surface area contributed by atoms with E-state index in [1.165, 1.54) is 12.0 Å². The molecular weight excluding hydrogens is 264 g/mol. The monoisotopic (exact) mass is 288 g/mol. The standard InChI is InChI=1S/C13H24N2O5/c1-9(2)8-10(12(17)18)14-13(19)15(3)7-5-6-11(16)20-4/h9-10H,5-8H2,1-4H3,(H,14,19)(H,17,18). The first kappa shape index (κ1) is 18.2. The Kier molecular flexibility index (Phi) is 8.35. The van der Waals surface area contributed by atoms with Crippen LogP contribution in [0.25, 0.3) is 0 Å². The van der Waals surface area contributed by atoms with Crippen LogP contribution in [0.15, 0.2) is 0 Å². The van der Waals surface area contributed by atoms with E-state index in [0.29, 0.717) is 19.4 Å². The zero-order valence-electron chi connectivity index (χ0n) is 12.5. The Morgan fingerprint density at radius 2 is 1.90 bits per heavy atom. The molecule has 20 heavy (non-hydrogen) atoms. The van der Waals surface area contributed by atoms with Gasteiger partial charge in [0.25, 0.3) is 0 Å². The molecule has 0 aliphatic carbocycles. The predicted molar refractivity (Wildman–Crippen MR) is 73.3 cm³/mol. The fourth-order valence-corrected chi connectivity index (χ4v) is 1.62. The van der Waals surface area contributed by atoms with Crippen molar-refractivity contribution in [3.05, 3.63) is 0 Å². The fraction of sp³-hybridized carbons (Fsp3) is 0.769. The maximum Gasteiger partial charge on any atom is 0.326 e. The third-order valence-electron chi connectivity index (χ3n) is 2.75. The molecule has 0 aromatic heterocycles. The molecule has 0 saturated carbocycles. The van der Waals surface area contributed by atoms with E-state index in [2.05, 4.69) is 10.1 Å². The molecule has 7 heteroatoms. The average Bonchev–Trinajstić information content (AvgIpc) is 2.36. The van der Waals surface area contributed by atoms with Crippen LogP contribution >= 0.6 is 0 Å². The number of esters is 1. The maximum absolute atomic E-state index is 11.8. The zero-order valence-corrected chi connectivity index (χ0v) is 12.5. The summed E-state index contributed by atoms with van der Waals surface area (Å²) in [6.45, 7) is 4.14. The number of nitrogens with one attached hydrogen (secondary N) is 1. The largest absolute Gasteiger partial charge is 0.480 e. The number of aliphatic carboxylic acids is 1. The van der Waals surface area contributed by atoms with E-state index in [9.17, 15) is 14.4 Å². The quantitative estimate of drug-likeness (QED) is 0.652. The number of rotatable bonds is 8. The summed E-state index contributed by atoms with van der Waals surface area (Å²) in [6, 6.07) is -1.35. The lowest BCUT2D eigenvalue weighted by atomic mass is 10.0. The van der Waals surface area contributed by atoms with Crippen molar-refractivity contribution < 1.29 is 24.2 Å². The highest BCUT2D eigenvalue weighted by Crippen LogP contribution is 2.05. The predicted octanol–water partition coefficient (Wildman–Crippen LogP) is 1.08. The summed E-state index contributed by atoms with van der Waals surface area (Å²) in [5.41, 5.74) is 0. The van der Waals surface area contributed by atoms with Gasteiger partial charge in [-0.2, -0.15) is 0 Å². The maximum atomic E-state index is 11.8. The zero-order chi connectivity index (χ0) is 15.7. The highest BCUT2D eigenvalue weighted by molar-refractivity contribution is 5.82. The third-order valence-corrected chi connectivity index (χ3v) is 2.75. The van der Waals surface area contributed by atoms with E-state index >= 15 is 0 Å². The second-order valence-electron chi connectivity index (χ2n) is 5.07. The molecule has 116 valence electrons. The second-order valence-corrected chi connectivity index (χ2v) is 5.07. The van der Waals surface area contributed by atoms with Crippen molar-refractivity contribution in [1.82, 2.24) is 10.2 Å². The van der Waals surface area contributed by atoms with Crippen molar-refractivity contribution in [3.8, 4) is 0 Å². The van der Waals surface area contributed by atoms with Crippen LogP contribution in [0, 0.1) is 5.92 Å². The van der Waals surface area contributed by atoms with Crippen LogP contribution in [0.5, 0.6) is 0 Å². The van der Waals surface area contributed by atoms with Crippen LogP contribution in [0.1, 0.15) is 33.1 Å². The molecule has 1 unspecified atom stereocenters. The molecule has 2 amide bonds. The normalized spacial score (nSPS) is 11.8. The molecule has 0 aromatic carbocycles. The number of carbonyl (C=O) groups excluding carboxylic acids is 2. The van der Waals surface area contributed by atoms with Crippen LogP contribution in [0.2, 0.25) is 0 Å². The van der Waals surface area contributed by atoms with Crippen molar-refractivity contribution in [3.63, 3.8) is 0 Å². The highest BCUT2D eigenvalue weighted by atomic mass is 16.5. The lowest BCUT2D eigenvalue weighted by Crippen LogP contribution is -2.47. The molecule has 0 spiro atoms. The summed E-state index contributed by atoms with van der Waals surface area (Å²) in [7, 11) is 2.86. The van der Waals surface area contributed by atoms with Crippen molar-refractivity contribution >= 4 is 18.0 Å². The van der Waals surface area contributed by atoms with E-state index in [0.717, 1.165) is 0 Å². The highest BCUT2D eigenvalue weighted by Gasteiger charge is 2.22. The lowest BCUT2D eigenvalue weighted by molar-refractivity contribution is -0.141. The summed E-state index contributed by atoms with van der Waals surface area (Å²) in [6.07, 6.45) is 1.07. The minimum atomic E-state index is -1.05. The van der Waals surface area contributed by atoms with Crippen LogP contribution in [-0.2, 0) is 14.3 Å². The Balaban J connectivity index is 4.21. The number of carboxylic acid groups (broad SMARTS) is 1. The SMILES string of the molecule is COC(=O)CCCN(C)C(=O)NC(CC(C)C)C(=O)O. The van der Waals surface area contributed by atoms with Crippen molar-refractivity contribution in [2.24, 2.45) is 5.92 Å². The number of amides is 2. The number of urea groups is 1. The molecule has 7 nitrogen and oxygen atoms in total. The number of carbonyl (C=O) groups is 3. The van der Waals surface area contributed by atoms with E-state index in [-0.39, 0.29) is 18.3 Å². The van der Waals surface area contributed by atoms with E-state index in [1.807, 2.05) is 13.8 Å². The second kappa shape index (κ2) is 9.17. The average molecular weight is 288 g/mol. The van der Waals surface area contributed by atoms with Crippen LogP contribution in [-0.4, -0.2) is 54.7 Å². The van der Waals surface area contributed by atoms with Crippen LogP contribution in [0.4, 0.5) is 4.79 Å². The number of ether oxygens (including phenoxy) is 1. The van der Waals surface area contributed by atoms with Gasteiger partial charge in [-0.05, 0) is 18.8 Å². The summed E-state index contributed by atoms with van der Waals surface area (Å²) in [4.78, 5) is 35.2. The Labute approximate surface area is 119 Å². The number of hydrogen-bond acceptors (Lipinski definition) is 4. The van der Waals surface area contributed by atoms with Crippen molar-refractivity contribution in [2.75, 3.05) is 20.7 Å². The number of nitrogens with zero attached hydrogens (tertiary/aromatic N) is 1. The molecule has 2 N–H and O–H groups in total. The molecule has 0 radical (unpaired) electrons. The molecule has 0 aromatic rings. The third kappa shape index (κ3) is 7.60. The Morgan fingerprint density at radius 1 is 1.30 bits per heavy atom. The van der Waals surface area contributed by atoms with Crippen molar-refractivity contribution in [1.29, 1.82) is 0 Å². The molecule has 0 rings (SSSR count). The summed E-state index contributed by atoms with van der Waals surface area (Å²) < 4.78 is 4.50. The minimum absolute atomic E-state index is 0.168. The molecule has 1 atom stereocenters. The summed E-state index contributed by atoms with van der Waals surface area (Å²) >= 11 is 0. The van der Waals surface area contributed by atoms with Gasteiger partial charge in [-0.1, -0.05) is 13.8 Å². The number of methoxy groups -OCH3 is 1. The Hall–Kier alpha value is -1.79. The van der Waals surface area contributed by atoms with Gasteiger partial charge in [0.1, 0.15) is 6.04 Å². The van der Waals surface area contributed by atoms with E-state index < -0.39 is 18.0 Å². The molecular formula is C13H24N2O5. The molecule has 0 aliphatic heterocycles. The minimum Gasteiger partial charge on any atom is -0.480 e. The molecule has 0 bridgehead atoms. The van der Waals surface area contributed by atoms with Gasteiger partial charge in [0.2, 0.25) is 0 Å². The van der Waals surface area contributed by atoms with Gasteiger partial charge in [0.05, 0.1) is 7.11 Å². The van der Waals surface area contributed by atoms with Gasteiger partial charge in [-0.3, -0.25) is 4.79 Å². The molecule has 0 saturated heterocycles. The first-order valence-corrected chi connectivity index (χ1v) is 6.59. The van der Waals surface area contributed by atoms with Crippen molar-refractivity contribution in [2.45, 2.75) is 39.2 Å². The summed E-state index contributed by atoms with van der Waals surface area (Å²) in [5, 5.41) is 11.5. The van der Waals surface area contributed by atoms with Gasteiger partial charge in [-0.25, -0.2) is 9.59 Å². The number of hydrogen-bond donors (Lipinski definition) is 2. The van der Waals surface area contributed by atoms with Crippen LogP contribution in [0.3, 0.4) is 0 Å². The number of carboxylic acids is 1. The van der Waals surface area contributed by atoms with Gasteiger partial charge < -0.3 is 20.1 Å². The summed E-state index contributed by atoms with van der Waals surface area (Å²) in [5.74, 6) is -1.21. The molecule has 0 fully saturated rings. The fourth-order valence-electron chi connectivity index (χ4n) is 1.62. The van der Waals surface area contributed by atoms with E-state index in [1.54, 1.807) is 7.05 Å². The van der Waals surface area contributed by atoms with E-state index in [4.69, 9.17) is 5.11 Å². The van der Waals surface area contributed by atoms with Gasteiger partial charge in [0.15, 0.2) is 0 Å². The molecule has 0 aliphatic rings. The first-order chi connectivity index (χ1) is 9.27. The van der Waals surface area contributed by atoms with Gasteiger partial charge in [-0.15, -0.1) is 0 Å². The topological polar surface area (TPSA) is 95.9 Å². The van der Waals surface area contributed by atoms with Gasteiger partial charge >= 0.3 is 18.0 Å². The first-order valence-electron chi connectivity index (χ1n) is 6.59. The Bertz CT molecular complexity index is 344. The molecule has 0 heterocycles. The van der Waals surface area contributed by atoms with Gasteiger partial charge in [0, 0.05) is 20.0 Å². The smallest absolute Gasteiger partial charge is 0.326 e. The Morgan fingerprint density at radius 3 is 2.35 bits per heavy atom. The lowest BCUT2D eigenvalue weighted by Gasteiger charge is -2.22.